The first-order valence-electron chi connectivity index (χ1n) is 10.1. The highest BCUT2D eigenvalue weighted by Gasteiger charge is 2.22. The number of carbonyl (C=O) groups excluding carboxylic acids is 1. The number of rotatable bonds is 4. The second kappa shape index (κ2) is 8.65. The molecule has 146 valence electrons. The van der Waals surface area contributed by atoms with Gasteiger partial charge in [-0.3, -0.25) is 4.90 Å². The molecule has 0 radical (unpaired) electrons. The number of anilines is 1. The number of hydrogen-bond acceptors (Lipinski definition) is 4. The summed E-state index contributed by atoms with van der Waals surface area (Å²) >= 11 is 0. The van der Waals surface area contributed by atoms with Crippen LogP contribution in [0.4, 0.5) is 10.5 Å². The van der Waals surface area contributed by atoms with Gasteiger partial charge < -0.3 is 19.7 Å². The molecule has 2 amide bonds. The number of hydrogen-bond donors (Lipinski definition) is 1. The molecule has 0 atom stereocenters. The Balaban J connectivity index is 1.23. The molecule has 2 heterocycles. The van der Waals surface area contributed by atoms with Crippen molar-refractivity contribution in [2.45, 2.75) is 32.1 Å². The lowest BCUT2D eigenvalue weighted by molar-refractivity contribution is 0.148. The highest BCUT2D eigenvalue weighted by atomic mass is 16.6. The Bertz CT molecular complexity index is 696. The van der Waals surface area contributed by atoms with Crippen molar-refractivity contribution in [3.8, 4) is 11.5 Å². The van der Waals surface area contributed by atoms with Crippen molar-refractivity contribution in [1.29, 1.82) is 0 Å². The Kier molecular flexibility index (Phi) is 5.82. The SMILES string of the molecule is O=C(Nc1ccc2c(c1)OCCO2)N1CCN(CCC2=CCCCC2)CC1. The fraction of sp³-hybridized carbons (Fsp3) is 0.571. The van der Waals surface area contributed by atoms with E-state index in [1.807, 2.05) is 23.1 Å². The Morgan fingerprint density at radius 3 is 2.63 bits per heavy atom. The van der Waals surface area contributed by atoms with Gasteiger partial charge in [0.05, 0.1) is 0 Å². The van der Waals surface area contributed by atoms with Crippen molar-refractivity contribution < 1.29 is 14.3 Å². The lowest BCUT2D eigenvalue weighted by Gasteiger charge is -2.35. The average molecular weight is 371 g/mol. The minimum atomic E-state index is -0.0404. The molecule has 6 heteroatoms. The van der Waals surface area contributed by atoms with Gasteiger partial charge in [-0.05, 0) is 44.2 Å². The van der Waals surface area contributed by atoms with Crippen LogP contribution in [-0.2, 0) is 0 Å². The van der Waals surface area contributed by atoms with Gasteiger partial charge in [0.1, 0.15) is 13.2 Å². The molecule has 1 N–H and O–H groups in total. The maximum atomic E-state index is 12.6. The highest BCUT2D eigenvalue weighted by Crippen LogP contribution is 2.32. The lowest BCUT2D eigenvalue weighted by Crippen LogP contribution is -2.50. The fourth-order valence-electron chi connectivity index (χ4n) is 3.93. The predicted molar refractivity (Wildman–Crippen MR) is 106 cm³/mol. The van der Waals surface area contributed by atoms with Crippen molar-refractivity contribution in [2.75, 3.05) is 51.3 Å². The van der Waals surface area contributed by atoms with E-state index in [2.05, 4.69) is 16.3 Å². The molecule has 4 rings (SSSR count). The number of carbonyl (C=O) groups is 1. The van der Waals surface area contributed by atoms with E-state index in [4.69, 9.17) is 9.47 Å². The first-order valence-corrected chi connectivity index (χ1v) is 10.1. The van der Waals surface area contributed by atoms with Crippen LogP contribution in [-0.4, -0.2) is 61.8 Å². The maximum Gasteiger partial charge on any atom is 0.321 e. The maximum absolute atomic E-state index is 12.6. The molecule has 0 spiro atoms. The summed E-state index contributed by atoms with van der Waals surface area (Å²) in [4.78, 5) is 16.9. The molecule has 0 unspecified atom stereocenters. The summed E-state index contributed by atoms with van der Waals surface area (Å²) < 4.78 is 11.1. The van der Waals surface area contributed by atoms with Crippen LogP contribution in [0.3, 0.4) is 0 Å². The van der Waals surface area contributed by atoms with Gasteiger partial charge in [0.2, 0.25) is 0 Å². The number of nitrogens with zero attached hydrogens (tertiary/aromatic N) is 2. The second-order valence-corrected chi connectivity index (χ2v) is 7.48. The Morgan fingerprint density at radius 2 is 1.85 bits per heavy atom. The van der Waals surface area contributed by atoms with Gasteiger partial charge in [-0.1, -0.05) is 11.6 Å². The standard InChI is InChI=1S/C21H29N3O3/c25-21(22-18-6-7-19-20(16-18)27-15-14-26-19)24-12-10-23(11-13-24)9-8-17-4-2-1-3-5-17/h4,6-7,16H,1-3,5,8-15H2,(H,22,25). The molecule has 27 heavy (non-hydrogen) atoms. The number of benzene rings is 1. The monoisotopic (exact) mass is 371 g/mol. The van der Waals surface area contributed by atoms with Gasteiger partial charge in [-0.25, -0.2) is 4.79 Å². The molecule has 1 aliphatic carbocycles. The fourth-order valence-corrected chi connectivity index (χ4v) is 3.93. The van der Waals surface area contributed by atoms with Gasteiger partial charge in [0, 0.05) is 44.5 Å². The number of allylic oxidation sites excluding steroid dienone is 1. The summed E-state index contributed by atoms with van der Waals surface area (Å²) in [5, 5.41) is 2.98. The molecule has 0 saturated carbocycles. The van der Waals surface area contributed by atoms with E-state index in [0.717, 1.165) is 44.2 Å². The number of urea groups is 1. The minimum Gasteiger partial charge on any atom is -0.486 e. The second-order valence-electron chi connectivity index (χ2n) is 7.48. The van der Waals surface area contributed by atoms with Crippen LogP contribution in [0, 0.1) is 0 Å². The van der Waals surface area contributed by atoms with E-state index in [9.17, 15) is 4.79 Å². The van der Waals surface area contributed by atoms with Gasteiger partial charge >= 0.3 is 6.03 Å². The quantitative estimate of drug-likeness (QED) is 0.823. The molecule has 3 aliphatic rings. The zero-order valence-electron chi connectivity index (χ0n) is 15.9. The Hall–Kier alpha value is -2.21. The van der Waals surface area contributed by atoms with E-state index in [-0.39, 0.29) is 6.03 Å². The largest absolute Gasteiger partial charge is 0.486 e. The van der Waals surface area contributed by atoms with Crippen LogP contribution in [0.15, 0.2) is 29.8 Å². The van der Waals surface area contributed by atoms with Gasteiger partial charge in [0.15, 0.2) is 11.5 Å². The summed E-state index contributed by atoms with van der Waals surface area (Å²) in [7, 11) is 0. The van der Waals surface area contributed by atoms with Gasteiger partial charge in [0.25, 0.3) is 0 Å². The van der Waals surface area contributed by atoms with Crippen molar-refractivity contribution in [3.05, 3.63) is 29.8 Å². The van der Waals surface area contributed by atoms with Crippen molar-refractivity contribution in [2.24, 2.45) is 0 Å². The predicted octanol–water partition coefficient (Wildman–Crippen LogP) is 3.50. The van der Waals surface area contributed by atoms with E-state index in [1.165, 1.54) is 32.1 Å². The third-order valence-corrected chi connectivity index (χ3v) is 5.59. The number of amides is 2. The normalized spacial score (nSPS) is 20.1. The van der Waals surface area contributed by atoms with Crippen LogP contribution < -0.4 is 14.8 Å². The van der Waals surface area contributed by atoms with E-state index >= 15 is 0 Å². The van der Waals surface area contributed by atoms with Gasteiger partial charge in [-0.15, -0.1) is 0 Å². The van der Waals surface area contributed by atoms with E-state index in [0.29, 0.717) is 19.0 Å². The van der Waals surface area contributed by atoms with Crippen LogP contribution in [0.5, 0.6) is 11.5 Å². The minimum absolute atomic E-state index is 0.0404. The lowest BCUT2D eigenvalue weighted by atomic mass is 9.97. The summed E-state index contributed by atoms with van der Waals surface area (Å²) in [5.41, 5.74) is 2.37. The molecule has 0 aromatic heterocycles. The third-order valence-electron chi connectivity index (χ3n) is 5.59. The highest BCUT2D eigenvalue weighted by molar-refractivity contribution is 5.89. The van der Waals surface area contributed by atoms with Crippen LogP contribution >= 0.6 is 0 Å². The van der Waals surface area contributed by atoms with E-state index < -0.39 is 0 Å². The average Bonchev–Trinajstić information content (AvgIpc) is 2.73. The Labute approximate surface area is 161 Å². The van der Waals surface area contributed by atoms with Gasteiger partial charge in [-0.2, -0.15) is 0 Å². The number of ether oxygens (including phenoxy) is 2. The number of piperazine rings is 1. The zero-order chi connectivity index (χ0) is 18.5. The molecule has 1 saturated heterocycles. The van der Waals surface area contributed by atoms with E-state index in [1.54, 1.807) is 5.57 Å². The summed E-state index contributed by atoms with van der Waals surface area (Å²) in [5.74, 6) is 1.43. The van der Waals surface area contributed by atoms with Crippen LogP contribution in [0.25, 0.3) is 0 Å². The molecule has 0 bridgehead atoms. The number of nitrogens with one attached hydrogen (secondary N) is 1. The Morgan fingerprint density at radius 1 is 1.04 bits per heavy atom. The first kappa shape index (κ1) is 18.2. The molecular formula is C21H29N3O3. The molecule has 1 aromatic carbocycles. The van der Waals surface area contributed by atoms with Crippen molar-refractivity contribution >= 4 is 11.7 Å². The molecule has 2 aliphatic heterocycles. The topological polar surface area (TPSA) is 54.0 Å². The van der Waals surface area contributed by atoms with Crippen LogP contribution in [0.1, 0.15) is 32.1 Å². The third kappa shape index (κ3) is 4.75. The molecular weight excluding hydrogens is 342 g/mol. The molecule has 1 fully saturated rings. The first-order chi connectivity index (χ1) is 13.3. The van der Waals surface area contributed by atoms with Crippen LogP contribution in [0.2, 0.25) is 0 Å². The van der Waals surface area contributed by atoms with Crippen molar-refractivity contribution in [3.63, 3.8) is 0 Å². The smallest absolute Gasteiger partial charge is 0.321 e. The summed E-state index contributed by atoms with van der Waals surface area (Å²) in [6, 6.07) is 5.50. The zero-order valence-corrected chi connectivity index (χ0v) is 15.9. The number of fused-ring (bicyclic) bond motifs is 1. The van der Waals surface area contributed by atoms with Crippen molar-refractivity contribution in [1.82, 2.24) is 9.80 Å². The molecule has 1 aromatic rings. The molecule has 6 nitrogen and oxygen atoms in total. The summed E-state index contributed by atoms with van der Waals surface area (Å²) in [6.07, 6.45) is 8.84. The summed E-state index contributed by atoms with van der Waals surface area (Å²) in [6.45, 7) is 5.67.